The van der Waals surface area contributed by atoms with Gasteiger partial charge in [0.25, 0.3) is 0 Å². The van der Waals surface area contributed by atoms with E-state index in [2.05, 4.69) is 44.3 Å². The third-order valence-corrected chi connectivity index (χ3v) is 5.18. The summed E-state index contributed by atoms with van der Waals surface area (Å²) in [6.07, 6.45) is 1.13. The normalized spacial score (nSPS) is 12.6. The molecule has 2 atom stereocenters. The minimum absolute atomic E-state index is 0.0362. The lowest BCUT2D eigenvalue weighted by molar-refractivity contribution is 0.217. The molecule has 0 aliphatic rings. The van der Waals surface area contributed by atoms with E-state index in [-0.39, 0.29) is 6.10 Å². The van der Waals surface area contributed by atoms with Gasteiger partial charge in [0.05, 0.1) is 6.54 Å². The molecule has 0 aliphatic heterocycles. The molecule has 0 saturated heterocycles. The van der Waals surface area contributed by atoms with Crippen LogP contribution in [0.4, 0.5) is 5.69 Å². The largest absolute Gasteiger partial charge is 0.490 e. The molecule has 0 radical (unpaired) electrons. The molecule has 164 valence electrons. The fourth-order valence-electron chi connectivity index (χ4n) is 3.27. The van der Waals surface area contributed by atoms with Crippen molar-refractivity contribution in [3.8, 4) is 17.2 Å². The van der Waals surface area contributed by atoms with Crippen LogP contribution in [0.25, 0.3) is 0 Å². The predicted molar refractivity (Wildman–Crippen MR) is 128 cm³/mol. The van der Waals surface area contributed by atoms with E-state index in [0.29, 0.717) is 25.7 Å². The molecule has 3 aromatic rings. The van der Waals surface area contributed by atoms with Crippen LogP contribution in [0.2, 0.25) is 0 Å². The Morgan fingerprint density at radius 1 is 0.774 bits per heavy atom. The highest BCUT2D eigenvalue weighted by Gasteiger charge is 2.12. The number of ether oxygens (including phenoxy) is 3. The standard InChI is InChI=1S/C27H33NO3/c1-4-21(2)26-15-8-9-16-27(26)31-22(3)20-28-23-11-10-14-25(19-23)30-18-17-29-24-12-6-5-7-13-24/h5-16,19,21-22,28H,4,17-18,20H2,1-3H3/t21-,22-/m0/s1. The molecule has 0 bridgehead atoms. The zero-order valence-corrected chi connectivity index (χ0v) is 18.7. The highest BCUT2D eigenvalue weighted by atomic mass is 16.5. The van der Waals surface area contributed by atoms with Crippen LogP contribution in [0.3, 0.4) is 0 Å². The maximum atomic E-state index is 6.23. The second kappa shape index (κ2) is 11.9. The molecule has 0 aromatic heterocycles. The Hall–Kier alpha value is -3.14. The molecular formula is C27H33NO3. The summed E-state index contributed by atoms with van der Waals surface area (Å²) in [5.74, 6) is 3.13. The Labute approximate surface area is 186 Å². The van der Waals surface area contributed by atoms with Crippen molar-refractivity contribution in [2.75, 3.05) is 25.1 Å². The van der Waals surface area contributed by atoms with Gasteiger partial charge in [0, 0.05) is 11.8 Å². The summed E-state index contributed by atoms with van der Waals surface area (Å²) in [5.41, 5.74) is 2.28. The van der Waals surface area contributed by atoms with Crippen molar-refractivity contribution in [2.24, 2.45) is 0 Å². The maximum absolute atomic E-state index is 6.23. The quantitative estimate of drug-likeness (QED) is 0.339. The molecule has 31 heavy (non-hydrogen) atoms. The lowest BCUT2D eigenvalue weighted by atomic mass is 9.98. The van der Waals surface area contributed by atoms with Gasteiger partial charge in [-0.05, 0) is 55.2 Å². The third-order valence-electron chi connectivity index (χ3n) is 5.18. The van der Waals surface area contributed by atoms with E-state index >= 15 is 0 Å². The Morgan fingerprint density at radius 2 is 1.45 bits per heavy atom. The van der Waals surface area contributed by atoms with Crippen LogP contribution >= 0.6 is 0 Å². The number of benzene rings is 3. The molecule has 0 unspecified atom stereocenters. The summed E-state index contributed by atoms with van der Waals surface area (Å²) in [7, 11) is 0. The van der Waals surface area contributed by atoms with Gasteiger partial charge < -0.3 is 19.5 Å². The topological polar surface area (TPSA) is 39.7 Å². The fraction of sp³-hybridized carbons (Fsp3) is 0.333. The Bertz CT molecular complexity index is 913. The van der Waals surface area contributed by atoms with Crippen molar-refractivity contribution < 1.29 is 14.2 Å². The molecule has 0 heterocycles. The van der Waals surface area contributed by atoms with Crippen LogP contribution in [-0.2, 0) is 0 Å². The highest BCUT2D eigenvalue weighted by Crippen LogP contribution is 2.29. The van der Waals surface area contributed by atoms with E-state index in [0.717, 1.165) is 29.4 Å². The zero-order valence-electron chi connectivity index (χ0n) is 18.7. The summed E-state index contributed by atoms with van der Waals surface area (Å²) in [4.78, 5) is 0. The van der Waals surface area contributed by atoms with Crippen LogP contribution in [0.15, 0.2) is 78.9 Å². The first-order valence-electron chi connectivity index (χ1n) is 11.1. The molecule has 3 aromatic carbocycles. The van der Waals surface area contributed by atoms with Gasteiger partial charge in [-0.1, -0.05) is 56.3 Å². The van der Waals surface area contributed by atoms with Gasteiger partial charge in [-0.15, -0.1) is 0 Å². The number of rotatable bonds is 12. The molecular weight excluding hydrogens is 386 g/mol. The average Bonchev–Trinajstić information content (AvgIpc) is 2.81. The van der Waals surface area contributed by atoms with Crippen LogP contribution in [-0.4, -0.2) is 25.9 Å². The summed E-state index contributed by atoms with van der Waals surface area (Å²) >= 11 is 0. The van der Waals surface area contributed by atoms with Gasteiger partial charge in [-0.3, -0.25) is 0 Å². The molecule has 0 fully saturated rings. The van der Waals surface area contributed by atoms with E-state index < -0.39 is 0 Å². The van der Waals surface area contributed by atoms with E-state index in [1.807, 2.05) is 60.7 Å². The molecule has 3 rings (SSSR count). The summed E-state index contributed by atoms with van der Waals surface area (Å²) in [6.45, 7) is 8.22. The first kappa shape index (κ1) is 22.5. The van der Waals surface area contributed by atoms with Crippen molar-refractivity contribution in [1.29, 1.82) is 0 Å². The van der Waals surface area contributed by atoms with Gasteiger partial charge in [-0.2, -0.15) is 0 Å². The second-order valence-corrected chi connectivity index (χ2v) is 7.69. The Morgan fingerprint density at radius 3 is 2.23 bits per heavy atom. The maximum Gasteiger partial charge on any atom is 0.123 e. The van der Waals surface area contributed by atoms with Crippen molar-refractivity contribution in [1.82, 2.24) is 0 Å². The fourth-order valence-corrected chi connectivity index (χ4v) is 3.27. The second-order valence-electron chi connectivity index (χ2n) is 7.69. The van der Waals surface area contributed by atoms with Crippen molar-refractivity contribution in [3.05, 3.63) is 84.4 Å². The van der Waals surface area contributed by atoms with Gasteiger partial charge in [0.15, 0.2) is 0 Å². The number of anilines is 1. The number of nitrogens with one attached hydrogen (secondary N) is 1. The van der Waals surface area contributed by atoms with Gasteiger partial charge in [-0.25, -0.2) is 0 Å². The van der Waals surface area contributed by atoms with E-state index in [9.17, 15) is 0 Å². The van der Waals surface area contributed by atoms with Crippen LogP contribution in [0, 0.1) is 0 Å². The molecule has 0 amide bonds. The number of para-hydroxylation sites is 2. The average molecular weight is 420 g/mol. The minimum Gasteiger partial charge on any atom is -0.490 e. The minimum atomic E-state index is 0.0362. The van der Waals surface area contributed by atoms with Crippen molar-refractivity contribution >= 4 is 5.69 Å². The smallest absolute Gasteiger partial charge is 0.123 e. The summed E-state index contributed by atoms with van der Waals surface area (Å²) < 4.78 is 17.7. The van der Waals surface area contributed by atoms with Crippen molar-refractivity contribution in [3.63, 3.8) is 0 Å². The first-order chi connectivity index (χ1) is 15.2. The van der Waals surface area contributed by atoms with Crippen LogP contribution in [0.5, 0.6) is 17.2 Å². The Balaban J connectivity index is 1.45. The predicted octanol–water partition coefficient (Wildman–Crippen LogP) is 6.54. The molecule has 0 aliphatic carbocycles. The van der Waals surface area contributed by atoms with Crippen LogP contribution < -0.4 is 19.5 Å². The van der Waals surface area contributed by atoms with E-state index in [4.69, 9.17) is 14.2 Å². The summed E-state index contributed by atoms with van der Waals surface area (Å²) in [6, 6.07) is 26.1. The van der Waals surface area contributed by atoms with E-state index in [1.54, 1.807) is 0 Å². The number of hydrogen-bond acceptors (Lipinski definition) is 4. The highest BCUT2D eigenvalue weighted by molar-refractivity contribution is 5.48. The van der Waals surface area contributed by atoms with Crippen molar-refractivity contribution in [2.45, 2.75) is 39.2 Å². The van der Waals surface area contributed by atoms with Gasteiger partial charge in [0.2, 0.25) is 0 Å². The zero-order chi connectivity index (χ0) is 21.9. The molecule has 1 N–H and O–H groups in total. The monoisotopic (exact) mass is 419 g/mol. The lowest BCUT2D eigenvalue weighted by Crippen LogP contribution is -2.23. The molecule has 4 heteroatoms. The molecule has 0 spiro atoms. The van der Waals surface area contributed by atoms with Gasteiger partial charge in [0.1, 0.15) is 36.6 Å². The molecule has 0 saturated carbocycles. The Kier molecular flexibility index (Phi) is 8.65. The van der Waals surface area contributed by atoms with Gasteiger partial charge >= 0.3 is 0 Å². The van der Waals surface area contributed by atoms with E-state index in [1.165, 1.54) is 5.56 Å². The van der Waals surface area contributed by atoms with Crippen LogP contribution in [0.1, 0.15) is 38.7 Å². The summed E-state index contributed by atoms with van der Waals surface area (Å²) in [5, 5.41) is 3.45. The first-order valence-corrected chi connectivity index (χ1v) is 11.1. The number of hydrogen-bond donors (Lipinski definition) is 1. The lowest BCUT2D eigenvalue weighted by Gasteiger charge is -2.21. The molecule has 4 nitrogen and oxygen atoms in total. The SMILES string of the molecule is CC[C@H](C)c1ccccc1O[C@@H](C)CNc1cccc(OCCOc2ccccc2)c1. The third kappa shape index (κ3) is 7.25.